The van der Waals surface area contributed by atoms with Crippen LogP contribution in [0.1, 0.15) is 36.2 Å². The summed E-state index contributed by atoms with van der Waals surface area (Å²) in [6, 6.07) is 0. The van der Waals surface area contributed by atoms with Crippen molar-refractivity contribution in [1.82, 2.24) is 15.1 Å². The molecule has 1 fully saturated rings. The summed E-state index contributed by atoms with van der Waals surface area (Å²) >= 11 is 0. The van der Waals surface area contributed by atoms with Gasteiger partial charge in [-0.2, -0.15) is 5.10 Å². The number of nitrogens with two attached hydrogens (primary N) is 1. The monoisotopic (exact) mass is 252 g/mol. The first kappa shape index (κ1) is 12.9. The maximum absolute atomic E-state index is 11.9. The zero-order valence-electron chi connectivity index (χ0n) is 10.6. The molecule has 18 heavy (non-hydrogen) atoms. The SMILES string of the molecule is Cn1cc(N)c(C(=O)NCC2(CO)CCCC2)n1. The minimum atomic E-state index is -0.271. The number of nitrogens with one attached hydrogen (secondary N) is 1. The van der Waals surface area contributed by atoms with Crippen molar-refractivity contribution in [2.24, 2.45) is 12.5 Å². The lowest BCUT2D eigenvalue weighted by Gasteiger charge is -2.26. The highest BCUT2D eigenvalue weighted by molar-refractivity contribution is 5.97. The lowest BCUT2D eigenvalue weighted by Crippen LogP contribution is -2.38. The fourth-order valence-electron chi connectivity index (χ4n) is 2.55. The van der Waals surface area contributed by atoms with Gasteiger partial charge in [0.15, 0.2) is 5.69 Å². The summed E-state index contributed by atoms with van der Waals surface area (Å²) in [5, 5.41) is 16.3. The average Bonchev–Trinajstić information content (AvgIpc) is 2.94. The number of nitrogens with zero attached hydrogens (tertiary/aromatic N) is 2. The maximum Gasteiger partial charge on any atom is 0.273 e. The van der Waals surface area contributed by atoms with Gasteiger partial charge in [0.2, 0.25) is 0 Å². The van der Waals surface area contributed by atoms with Crippen molar-refractivity contribution in [3.8, 4) is 0 Å². The number of nitrogen functional groups attached to an aromatic ring is 1. The van der Waals surface area contributed by atoms with E-state index in [9.17, 15) is 9.90 Å². The number of amides is 1. The highest BCUT2D eigenvalue weighted by Crippen LogP contribution is 2.36. The van der Waals surface area contributed by atoms with E-state index in [0.29, 0.717) is 12.2 Å². The van der Waals surface area contributed by atoms with Crippen LogP contribution in [-0.2, 0) is 7.05 Å². The minimum Gasteiger partial charge on any atom is -0.396 e. The second-order valence-electron chi connectivity index (χ2n) is 5.15. The summed E-state index contributed by atoms with van der Waals surface area (Å²) in [6.07, 6.45) is 5.75. The predicted octanol–water partition coefficient (Wildman–Crippen LogP) is 0.285. The van der Waals surface area contributed by atoms with Gasteiger partial charge in [-0.3, -0.25) is 9.48 Å². The maximum atomic E-state index is 11.9. The third-order valence-corrected chi connectivity index (χ3v) is 3.70. The number of aliphatic hydroxyl groups is 1. The first-order valence-corrected chi connectivity index (χ1v) is 6.24. The van der Waals surface area contributed by atoms with E-state index in [0.717, 1.165) is 25.7 Å². The molecule has 0 spiro atoms. The van der Waals surface area contributed by atoms with Gasteiger partial charge in [0, 0.05) is 25.2 Å². The van der Waals surface area contributed by atoms with E-state index in [4.69, 9.17) is 5.73 Å². The summed E-state index contributed by atoms with van der Waals surface area (Å²) in [7, 11) is 1.72. The van der Waals surface area contributed by atoms with Crippen LogP contribution in [0.15, 0.2) is 6.20 Å². The largest absolute Gasteiger partial charge is 0.396 e. The third kappa shape index (κ3) is 2.48. The van der Waals surface area contributed by atoms with E-state index in [1.807, 2.05) is 0 Å². The summed E-state index contributed by atoms with van der Waals surface area (Å²) in [6.45, 7) is 0.601. The minimum absolute atomic E-state index is 0.116. The number of aliphatic hydroxyl groups excluding tert-OH is 1. The van der Waals surface area contributed by atoms with Gasteiger partial charge in [0.1, 0.15) is 0 Å². The number of carbonyl (C=O) groups is 1. The van der Waals surface area contributed by atoms with Gasteiger partial charge in [0.05, 0.1) is 12.3 Å². The van der Waals surface area contributed by atoms with E-state index in [2.05, 4.69) is 10.4 Å². The molecule has 0 unspecified atom stereocenters. The molecular formula is C12H20N4O2. The van der Waals surface area contributed by atoms with Gasteiger partial charge in [-0.05, 0) is 12.8 Å². The fraction of sp³-hybridized carbons (Fsp3) is 0.667. The first-order chi connectivity index (χ1) is 8.56. The number of aryl methyl sites for hydroxylation is 1. The molecule has 4 N–H and O–H groups in total. The van der Waals surface area contributed by atoms with Crippen LogP contribution in [0.3, 0.4) is 0 Å². The third-order valence-electron chi connectivity index (χ3n) is 3.70. The Balaban J connectivity index is 1.98. The number of aromatic nitrogens is 2. The molecule has 1 aromatic rings. The Bertz CT molecular complexity index is 435. The summed E-state index contributed by atoms with van der Waals surface area (Å²) < 4.78 is 1.52. The van der Waals surface area contributed by atoms with Gasteiger partial charge >= 0.3 is 0 Å². The van der Waals surface area contributed by atoms with Crippen LogP contribution in [-0.4, -0.2) is 33.9 Å². The fourth-order valence-corrected chi connectivity index (χ4v) is 2.55. The molecule has 1 saturated carbocycles. The van der Waals surface area contributed by atoms with Crippen LogP contribution >= 0.6 is 0 Å². The molecule has 6 nitrogen and oxygen atoms in total. The Hall–Kier alpha value is -1.56. The van der Waals surface area contributed by atoms with E-state index in [-0.39, 0.29) is 23.6 Å². The molecule has 0 radical (unpaired) electrons. The summed E-state index contributed by atoms with van der Waals surface area (Å²) in [5.74, 6) is -0.271. The van der Waals surface area contributed by atoms with Gasteiger partial charge in [0.25, 0.3) is 5.91 Å². The van der Waals surface area contributed by atoms with Gasteiger partial charge in [-0.25, -0.2) is 0 Å². The van der Waals surface area contributed by atoms with E-state index >= 15 is 0 Å². The quantitative estimate of drug-likeness (QED) is 0.717. The van der Waals surface area contributed by atoms with Crippen LogP contribution in [0, 0.1) is 5.41 Å². The number of hydrogen-bond donors (Lipinski definition) is 3. The number of rotatable bonds is 4. The van der Waals surface area contributed by atoms with Crippen LogP contribution in [0.25, 0.3) is 0 Å². The Kier molecular flexibility index (Phi) is 3.56. The number of carbonyl (C=O) groups excluding carboxylic acids is 1. The van der Waals surface area contributed by atoms with Crippen molar-refractivity contribution >= 4 is 11.6 Å². The van der Waals surface area contributed by atoms with E-state index in [1.165, 1.54) is 4.68 Å². The van der Waals surface area contributed by atoms with Gasteiger partial charge in [-0.1, -0.05) is 12.8 Å². The lowest BCUT2D eigenvalue weighted by atomic mass is 9.87. The molecule has 0 saturated heterocycles. The normalized spacial score (nSPS) is 17.9. The Morgan fingerprint density at radius 1 is 1.61 bits per heavy atom. The molecule has 1 heterocycles. The zero-order chi connectivity index (χ0) is 13.2. The molecule has 6 heteroatoms. The second kappa shape index (κ2) is 4.97. The van der Waals surface area contributed by atoms with Crippen molar-refractivity contribution in [1.29, 1.82) is 0 Å². The zero-order valence-corrected chi connectivity index (χ0v) is 10.6. The van der Waals surface area contributed by atoms with Gasteiger partial charge in [-0.15, -0.1) is 0 Å². The lowest BCUT2D eigenvalue weighted by molar-refractivity contribution is 0.0876. The molecule has 1 aromatic heterocycles. The summed E-state index contributed by atoms with van der Waals surface area (Å²) in [4.78, 5) is 11.9. The molecule has 0 aromatic carbocycles. The van der Waals surface area contributed by atoms with Crippen molar-refractivity contribution in [2.45, 2.75) is 25.7 Å². The number of anilines is 1. The van der Waals surface area contributed by atoms with Crippen LogP contribution in [0.5, 0.6) is 0 Å². The molecule has 1 amide bonds. The molecule has 0 aliphatic heterocycles. The Morgan fingerprint density at radius 3 is 2.78 bits per heavy atom. The topological polar surface area (TPSA) is 93.2 Å². The molecular weight excluding hydrogens is 232 g/mol. The average molecular weight is 252 g/mol. The highest BCUT2D eigenvalue weighted by atomic mass is 16.3. The van der Waals surface area contributed by atoms with Crippen molar-refractivity contribution in [2.75, 3.05) is 18.9 Å². The van der Waals surface area contributed by atoms with Crippen molar-refractivity contribution < 1.29 is 9.90 Å². The van der Waals surface area contributed by atoms with Gasteiger partial charge < -0.3 is 16.2 Å². The molecule has 0 atom stereocenters. The number of hydrogen-bond acceptors (Lipinski definition) is 4. The smallest absolute Gasteiger partial charge is 0.273 e. The van der Waals surface area contributed by atoms with Crippen molar-refractivity contribution in [3.63, 3.8) is 0 Å². The first-order valence-electron chi connectivity index (χ1n) is 6.24. The molecule has 1 aliphatic carbocycles. The van der Waals surface area contributed by atoms with Crippen LogP contribution < -0.4 is 11.1 Å². The Morgan fingerprint density at radius 2 is 2.28 bits per heavy atom. The van der Waals surface area contributed by atoms with Crippen LogP contribution in [0.2, 0.25) is 0 Å². The van der Waals surface area contributed by atoms with Crippen molar-refractivity contribution in [3.05, 3.63) is 11.9 Å². The van der Waals surface area contributed by atoms with E-state index in [1.54, 1.807) is 13.2 Å². The standard InChI is InChI=1S/C12H20N4O2/c1-16-6-9(13)10(15-16)11(18)14-7-12(8-17)4-2-3-5-12/h6,17H,2-5,7-8,13H2,1H3,(H,14,18). The predicted molar refractivity (Wildman–Crippen MR) is 67.9 cm³/mol. The van der Waals surface area contributed by atoms with E-state index < -0.39 is 0 Å². The molecule has 2 rings (SSSR count). The molecule has 0 bridgehead atoms. The molecule has 1 aliphatic rings. The highest BCUT2D eigenvalue weighted by Gasteiger charge is 2.33. The van der Waals surface area contributed by atoms with Crippen LogP contribution in [0.4, 0.5) is 5.69 Å². The second-order valence-corrected chi connectivity index (χ2v) is 5.15. The Labute approximate surface area is 106 Å². The summed E-state index contributed by atoms with van der Waals surface area (Å²) in [5.41, 5.74) is 6.17. The molecule has 100 valence electrons.